The number of thioether (sulfide) groups is 1. The molecule has 2 aromatic carbocycles. The van der Waals surface area contributed by atoms with Crippen LogP contribution in [0.25, 0.3) is 22.0 Å². The van der Waals surface area contributed by atoms with Crippen LogP contribution in [0.2, 0.25) is 0 Å². The van der Waals surface area contributed by atoms with Crippen molar-refractivity contribution in [1.29, 1.82) is 0 Å². The van der Waals surface area contributed by atoms with E-state index in [2.05, 4.69) is 20.8 Å². The minimum Gasteiger partial charge on any atom is -0.341 e. The summed E-state index contributed by atoms with van der Waals surface area (Å²) < 4.78 is 0. The van der Waals surface area contributed by atoms with Crippen molar-refractivity contribution < 1.29 is 9.59 Å². The van der Waals surface area contributed by atoms with E-state index in [1.54, 1.807) is 6.92 Å². The zero-order valence-corrected chi connectivity index (χ0v) is 15.2. The highest BCUT2D eigenvalue weighted by atomic mass is 32.2. The average molecular weight is 366 g/mol. The number of hydrogen-bond acceptors (Lipinski definition) is 5. The molecule has 0 unspecified atom stereocenters. The van der Waals surface area contributed by atoms with Crippen molar-refractivity contribution in [2.75, 3.05) is 7.05 Å². The van der Waals surface area contributed by atoms with Gasteiger partial charge in [-0.15, -0.1) is 10.2 Å². The SMILES string of the molecule is CNC(=O)NC(=O)[C@H](C)Sc1nnc(-c2ccccc2)c2ccccc12. The number of nitrogens with one attached hydrogen (secondary N) is 2. The number of imide groups is 1. The van der Waals surface area contributed by atoms with Gasteiger partial charge in [0.25, 0.3) is 0 Å². The number of urea groups is 1. The van der Waals surface area contributed by atoms with Crippen LogP contribution in [0.4, 0.5) is 4.79 Å². The third kappa shape index (κ3) is 3.83. The summed E-state index contributed by atoms with van der Waals surface area (Å²) >= 11 is 1.27. The number of carbonyl (C=O) groups is 2. The predicted octanol–water partition coefficient (Wildman–Crippen LogP) is 3.23. The van der Waals surface area contributed by atoms with E-state index in [1.165, 1.54) is 18.8 Å². The van der Waals surface area contributed by atoms with Gasteiger partial charge < -0.3 is 5.32 Å². The first kappa shape index (κ1) is 17.9. The monoisotopic (exact) mass is 366 g/mol. The topological polar surface area (TPSA) is 84.0 Å². The second kappa shape index (κ2) is 7.97. The molecule has 0 saturated heterocycles. The summed E-state index contributed by atoms with van der Waals surface area (Å²) in [6, 6.07) is 17.2. The van der Waals surface area contributed by atoms with E-state index in [0.29, 0.717) is 5.03 Å². The van der Waals surface area contributed by atoms with E-state index in [0.717, 1.165) is 22.0 Å². The maximum atomic E-state index is 12.1. The lowest BCUT2D eigenvalue weighted by Gasteiger charge is -2.13. The van der Waals surface area contributed by atoms with Crippen LogP contribution in [0, 0.1) is 0 Å². The molecule has 0 aliphatic carbocycles. The Labute approximate surface area is 155 Å². The Hall–Kier alpha value is -2.93. The van der Waals surface area contributed by atoms with Gasteiger partial charge in [0.15, 0.2) is 0 Å². The lowest BCUT2D eigenvalue weighted by molar-refractivity contribution is -0.119. The van der Waals surface area contributed by atoms with E-state index in [4.69, 9.17) is 0 Å². The Bertz CT molecular complexity index is 947. The van der Waals surface area contributed by atoms with E-state index < -0.39 is 11.3 Å². The summed E-state index contributed by atoms with van der Waals surface area (Å²) in [6.07, 6.45) is 0. The normalized spacial score (nSPS) is 11.8. The maximum absolute atomic E-state index is 12.1. The molecule has 0 bridgehead atoms. The van der Waals surface area contributed by atoms with E-state index >= 15 is 0 Å². The molecule has 7 heteroatoms. The zero-order valence-electron chi connectivity index (χ0n) is 14.4. The van der Waals surface area contributed by atoms with Crippen molar-refractivity contribution >= 4 is 34.5 Å². The number of fused-ring (bicyclic) bond motifs is 1. The highest BCUT2D eigenvalue weighted by Crippen LogP contribution is 2.33. The van der Waals surface area contributed by atoms with Gasteiger partial charge in [0, 0.05) is 23.4 Å². The molecule has 132 valence electrons. The molecule has 0 spiro atoms. The van der Waals surface area contributed by atoms with Gasteiger partial charge in [-0.3, -0.25) is 10.1 Å². The summed E-state index contributed by atoms with van der Waals surface area (Å²) in [7, 11) is 1.46. The molecule has 26 heavy (non-hydrogen) atoms. The standard InChI is InChI=1S/C19H18N4O2S/c1-12(17(24)21-19(25)20-2)26-18-15-11-7-6-10-14(15)16(22-23-18)13-8-4-3-5-9-13/h3-12H,1-2H3,(H2,20,21,24,25)/t12-/m0/s1. The number of aromatic nitrogens is 2. The molecule has 0 fully saturated rings. The Morgan fingerprint density at radius 1 is 0.962 bits per heavy atom. The van der Waals surface area contributed by atoms with Crippen LogP contribution >= 0.6 is 11.8 Å². The van der Waals surface area contributed by atoms with Crippen LogP contribution in [0.15, 0.2) is 59.6 Å². The fraction of sp³-hybridized carbons (Fsp3) is 0.158. The van der Waals surface area contributed by atoms with Crippen molar-refractivity contribution in [2.24, 2.45) is 0 Å². The molecule has 0 radical (unpaired) electrons. The molecule has 0 aliphatic heterocycles. The summed E-state index contributed by atoms with van der Waals surface area (Å²) in [5.74, 6) is -0.382. The summed E-state index contributed by atoms with van der Waals surface area (Å²) in [6.45, 7) is 1.73. The van der Waals surface area contributed by atoms with Crippen LogP contribution < -0.4 is 10.6 Å². The molecular formula is C19H18N4O2S. The number of amides is 3. The Morgan fingerprint density at radius 3 is 2.31 bits per heavy atom. The third-order valence-corrected chi connectivity index (χ3v) is 4.91. The minimum atomic E-state index is -0.530. The average Bonchev–Trinajstić information content (AvgIpc) is 2.68. The van der Waals surface area contributed by atoms with Gasteiger partial charge in [-0.25, -0.2) is 4.79 Å². The van der Waals surface area contributed by atoms with Gasteiger partial charge in [-0.1, -0.05) is 66.4 Å². The van der Waals surface area contributed by atoms with Crippen LogP contribution in [0.5, 0.6) is 0 Å². The van der Waals surface area contributed by atoms with Gasteiger partial charge in [0.2, 0.25) is 5.91 Å². The van der Waals surface area contributed by atoms with Crippen molar-refractivity contribution in [3.05, 3.63) is 54.6 Å². The fourth-order valence-corrected chi connectivity index (χ4v) is 3.37. The Balaban J connectivity index is 1.94. The molecule has 1 heterocycles. The molecule has 0 aliphatic rings. The van der Waals surface area contributed by atoms with E-state index in [-0.39, 0.29) is 5.91 Å². The van der Waals surface area contributed by atoms with Crippen molar-refractivity contribution in [3.63, 3.8) is 0 Å². The van der Waals surface area contributed by atoms with Crippen LogP contribution in [0.1, 0.15) is 6.92 Å². The molecule has 3 amide bonds. The first-order valence-corrected chi connectivity index (χ1v) is 8.98. The Morgan fingerprint density at radius 2 is 1.62 bits per heavy atom. The van der Waals surface area contributed by atoms with Gasteiger partial charge in [-0.05, 0) is 6.92 Å². The van der Waals surface area contributed by atoms with Crippen molar-refractivity contribution in [2.45, 2.75) is 17.2 Å². The largest absolute Gasteiger partial charge is 0.341 e. The number of hydrogen-bond donors (Lipinski definition) is 2. The molecular weight excluding hydrogens is 348 g/mol. The van der Waals surface area contributed by atoms with E-state index in [9.17, 15) is 9.59 Å². The molecule has 1 aromatic heterocycles. The summed E-state index contributed by atoms with van der Waals surface area (Å²) in [5.41, 5.74) is 1.78. The second-order valence-corrected chi connectivity index (χ2v) is 6.92. The molecule has 1 atom stereocenters. The van der Waals surface area contributed by atoms with E-state index in [1.807, 2.05) is 54.6 Å². The maximum Gasteiger partial charge on any atom is 0.321 e. The smallest absolute Gasteiger partial charge is 0.321 e. The molecule has 2 N–H and O–H groups in total. The van der Waals surface area contributed by atoms with Crippen LogP contribution in [-0.2, 0) is 4.79 Å². The summed E-state index contributed by atoms with van der Waals surface area (Å²) in [5, 5.41) is 15.4. The Kier molecular flexibility index (Phi) is 5.48. The lowest BCUT2D eigenvalue weighted by Crippen LogP contribution is -2.41. The molecule has 0 saturated carbocycles. The third-order valence-electron chi connectivity index (χ3n) is 3.82. The van der Waals surface area contributed by atoms with Gasteiger partial charge in [-0.2, -0.15) is 0 Å². The number of benzene rings is 2. The van der Waals surface area contributed by atoms with Crippen molar-refractivity contribution in [3.8, 4) is 11.3 Å². The fourth-order valence-electron chi connectivity index (χ4n) is 2.47. The van der Waals surface area contributed by atoms with Crippen LogP contribution in [-0.4, -0.2) is 34.4 Å². The van der Waals surface area contributed by atoms with Gasteiger partial charge >= 0.3 is 6.03 Å². The first-order valence-electron chi connectivity index (χ1n) is 8.10. The first-order chi connectivity index (χ1) is 12.6. The molecule has 6 nitrogen and oxygen atoms in total. The summed E-state index contributed by atoms with van der Waals surface area (Å²) in [4.78, 5) is 23.4. The van der Waals surface area contributed by atoms with Gasteiger partial charge in [0.05, 0.1) is 5.25 Å². The highest BCUT2D eigenvalue weighted by molar-refractivity contribution is 8.00. The molecule has 3 rings (SSSR count). The zero-order chi connectivity index (χ0) is 18.5. The lowest BCUT2D eigenvalue weighted by atomic mass is 10.1. The van der Waals surface area contributed by atoms with Crippen LogP contribution in [0.3, 0.4) is 0 Å². The van der Waals surface area contributed by atoms with Crippen molar-refractivity contribution in [1.82, 2.24) is 20.8 Å². The second-order valence-electron chi connectivity index (χ2n) is 5.59. The predicted molar refractivity (Wildman–Crippen MR) is 103 cm³/mol. The van der Waals surface area contributed by atoms with Gasteiger partial charge in [0.1, 0.15) is 10.7 Å². The minimum absolute atomic E-state index is 0.382. The number of nitrogens with zero attached hydrogens (tertiary/aromatic N) is 2. The quantitative estimate of drug-likeness (QED) is 0.693. The number of carbonyl (C=O) groups excluding carboxylic acids is 2. The number of rotatable bonds is 4. The molecule has 3 aromatic rings. The highest BCUT2D eigenvalue weighted by Gasteiger charge is 2.19.